The van der Waals surface area contributed by atoms with E-state index in [1.54, 1.807) is 0 Å². The third-order valence-corrected chi connectivity index (χ3v) is 13.5. The summed E-state index contributed by atoms with van der Waals surface area (Å²) in [6, 6.07) is 0. The van der Waals surface area contributed by atoms with E-state index in [2.05, 4.69) is 34.8 Å². The Morgan fingerprint density at radius 2 is 0.897 bits per heavy atom. The monoisotopic (exact) mass is 554 g/mol. The first kappa shape index (κ1) is 30.5. The van der Waals surface area contributed by atoms with Crippen molar-refractivity contribution in [3.63, 3.8) is 0 Å². The van der Waals surface area contributed by atoms with Crippen LogP contribution in [0.15, 0.2) is 43.3 Å². The predicted octanol–water partition coefficient (Wildman–Crippen LogP) is 8.42. The standard InChI is InChI=1S/C8H20O5P2S2.C6H4S4.C2H4/c1-5-9-14(16,10-6-2)13-15(17,11-7-3)12-8-4;1-2-8-5(7-1)6-9-3-4-10-6;1-2/h5-8H2,1-4H3;1-4H;1-2H2. The lowest BCUT2D eigenvalue weighted by Gasteiger charge is -2.27. The van der Waals surface area contributed by atoms with Crippen LogP contribution in [0.4, 0.5) is 0 Å². The first-order chi connectivity index (χ1) is 13.9. The van der Waals surface area contributed by atoms with Crippen LogP contribution in [0.5, 0.6) is 0 Å². The van der Waals surface area contributed by atoms with Gasteiger partial charge in [0.2, 0.25) is 0 Å². The summed E-state index contributed by atoms with van der Waals surface area (Å²) < 4.78 is 29.8. The van der Waals surface area contributed by atoms with Gasteiger partial charge in [0.1, 0.15) is 0 Å². The van der Waals surface area contributed by atoms with Crippen molar-refractivity contribution in [1.29, 1.82) is 0 Å². The van der Waals surface area contributed by atoms with E-state index in [-0.39, 0.29) is 0 Å². The fourth-order valence-corrected chi connectivity index (χ4v) is 11.9. The second-order valence-corrected chi connectivity index (χ2v) is 14.6. The number of hydrogen-bond acceptors (Lipinski definition) is 11. The van der Waals surface area contributed by atoms with Gasteiger partial charge in [0.25, 0.3) is 0 Å². The fourth-order valence-electron chi connectivity index (χ4n) is 1.53. The van der Waals surface area contributed by atoms with Gasteiger partial charge in [0.05, 0.1) is 34.9 Å². The van der Waals surface area contributed by atoms with Crippen LogP contribution in [0.2, 0.25) is 0 Å². The zero-order chi connectivity index (χ0) is 22.2. The molecule has 13 heteroatoms. The smallest absolute Gasteiger partial charge is 0.309 e. The van der Waals surface area contributed by atoms with Gasteiger partial charge in [-0.15, -0.1) is 13.2 Å². The van der Waals surface area contributed by atoms with Gasteiger partial charge < -0.3 is 18.1 Å². The quantitative estimate of drug-likeness (QED) is 0.193. The molecule has 0 atom stereocenters. The van der Waals surface area contributed by atoms with Crippen molar-refractivity contribution in [3.05, 3.63) is 43.3 Å². The van der Waals surface area contributed by atoms with E-state index in [9.17, 15) is 0 Å². The highest BCUT2D eigenvalue weighted by atomic mass is 32.5. The van der Waals surface area contributed by atoms with E-state index >= 15 is 0 Å². The van der Waals surface area contributed by atoms with Crippen LogP contribution in [0.1, 0.15) is 27.7 Å². The molecule has 0 N–H and O–H groups in total. The minimum Gasteiger partial charge on any atom is -0.309 e. The maximum atomic E-state index is 5.55. The fraction of sp³-hybridized carbons (Fsp3) is 0.500. The lowest BCUT2D eigenvalue weighted by Crippen LogP contribution is -2.03. The van der Waals surface area contributed by atoms with E-state index in [0.29, 0.717) is 26.4 Å². The first-order valence-corrected chi connectivity index (χ1v) is 17.3. The second-order valence-electron chi connectivity index (χ2n) is 4.24. The molecule has 29 heavy (non-hydrogen) atoms. The zero-order valence-electron chi connectivity index (χ0n) is 16.9. The molecule has 168 valence electrons. The molecule has 0 aliphatic carbocycles. The Hall–Kier alpha value is 1.46. The van der Waals surface area contributed by atoms with Crippen LogP contribution < -0.4 is 0 Å². The summed E-state index contributed by atoms with van der Waals surface area (Å²) in [7, 11) is 0. The Kier molecular flexibility index (Phi) is 18.9. The van der Waals surface area contributed by atoms with Gasteiger partial charge in [-0.25, -0.2) is 4.31 Å². The molecule has 2 heterocycles. The summed E-state index contributed by atoms with van der Waals surface area (Å²) in [6.45, 7) is 9.09. The highest BCUT2D eigenvalue weighted by molar-refractivity contribution is 8.33. The third kappa shape index (κ3) is 12.9. The summed E-state index contributed by atoms with van der Waals surface area (Å²) in [5, 5.41) is 8.53. The highest BCUT2D eigenvalue weighted by Crippen LogP contribution is 2.66. The molecule has 0 radical (unpaired) electrons. The van der Waals surface area contributed by atoms with Crippen molar-refractivity contribution < 1.29 is 22.4 Å². The molecule has 0 fully saturated rings. The number of hydrogen-bond donors (Lipinski definition) is 0. The van der Waals surface area contributed by atoms with Crippen molar-refractivity contribution in [3.8, 4) is 0 Å². The lowest BCUT2D eigenvalue weighted by atomic mass is 10.9. The second kappa shape index (κ2) is 18.0. The Bertz CT molecular complexity index is 564. The van der Waals surface area contributed by atoms with Gasteiger partial charge >= 0.3 is 13.4 Å². The third-order valence-electron chi connectivity index (χ3n) is 2.33. The molecule has 0 aromatic carbocycles. The molecule has 0 bridgehead atoms. The maximum Gasteiger partial charge on any atom is 0.334 e. The van der Waals surface area contributed by atoms with Crippen LogP contribution in [-0.4, -0.2) is 26.4 Å². The largest absolute Gasteiger partial charge is 0.334 e. The Labute approximate surface area is 202 Å². The van der Waals surface area contributed by atoms with Crippen molar-refractivity contribution in [2.75, 3.05) is 26.4 Å². The van der Waals surface area contributed by atoms with Crippen LogP contribution in [0.25, 0.3) is 0 Å². The predicted molar refractivity (Wildman–Crippen MR) is 143 cm³/mol. The van der Waals surface area contributed by atoms with Crippen LogP contribution in [0, 0.1) is 0 Å². The highest BCUT2D eigenvalue weighted by Gasteiger charge is 2.31. The molecule has 0 spiro atoms. The topological polar surface area (TPSA) is 46.2 Å². The molecule has 5 nitrogen and oxygen atoms in total. The molecule has 0 amide bonds. The van der Waals surface area contributed by atoms with Crippen molar-refractivity contribution in [2.45, 2.75) is 27.7 Å². The van der Waals surface area contributed by atoms with Crippen LogP contribution in [0.3, 0.4) is 0 Å². The van der Waals surface area contributed by atoms with Gasteiger partial charge in [0, 0.05) is 0 Å². The molecule has 2 aliphatic heterocycles. The summed E-state index contributed by atoms with van der Waals surface area (Å²) in [6.07, 6.45) is 0. The molecule has 2 rings (SSSR count). The molecule has 0 aromatic heterocycles. The summed E-state index contributed by atoms with van der Waals surface area (Å²) in [4.78, 5) is 0. The SMILES string of the molecule is C1=CSC(=C2SC=CS2)S1.C=C.CCOP(=S)(OCC)OP(=S)(OCC)OCC. The Morgan fingerprint density at radius 3 is 1.10 bits per heavy atom. The van der Waals surface area contributed by atoms with Gasteiger partial charge in [0.15, 0.2) is 0 Å². The van der Waals surface area contributed by atoms with Crippen molar-refractivity contribution in [2.24, 2.45) is 0 Å². The van der Waals surface area contributed by atoms with E-state index in [4.69, 9.17) is 46.0 Å². The lowest BCUT2D eigenvalue weighted by molar-refractivity contribution is 0.176. The maximum absolute atomic E-state index is 5.55. The first-order valence-electron chi connectivity index (χ1n) is 8.62. The van der Waals surface area contributed by atoms with Crippen LogP contribution in [-0.2, 0) is 46.0 Å². The van der Waals surface area contributed by atoms with Crippen molar-refractivity contribution in [1.82, 2.24) is 0 Å². The average molecular weight is 555 g/mol. The summed E-state index contributed by atoms with van der Waals surface area (Å²) in [5.41, 5.74) is 0. The number of thioether (sulfide) groups is 4. The average Bonchev–Trinajstić information content (AvgIpc) is 3.38. The number of rotatable bonds is 10. The molecule has 2 aliphatic rings. The summed E-state index contributed by atoms with van der Waals surface area (Å²) in [5.74, 6) is 0. The molecular weight excluding hydrogens is 527 g/mol. The minimum absolute atomic E-state index is 0.394. The van der Waals surface area contributed by atoms with Crippen molar-refractivity contribution >= 4 is 84.1 Å². The molecule has 0 saturated heterocycles. The van der Waals surface area contributed by atoms with Gasteiger partial charge in [-0.1, -0.05) is 47.0 Å². The van der Waals surface area contributed by atoms with E-state index in [1.165, 1.54) is 8.47 Å². The molecule has 0 saturated carbocycles. The Balaban J connectivity index is 0.000000546. The normalized spacial score (nSPS) is 15.7. The zero-order valence-corrected chi connectivity index (χ0v) is 23.6. The Morgan fingerprint density at radius 1 is 0.655 bits per heavy atom. The van der Waals surface area contributed by atoms with Gasteiger partial charge in [-0.3, -0.25) is 0 Å². The van der Waals surface area contributed by atoms with Crippen LogP contribution >= 0.6 is 60.5 Å². The summed E-state index contributed by atoms with van der Waals surface area (Å²) >= 11 is 17.7. The molecule has 0 aromatic rings. The van der Waals surface area contributed by atoms with Gasteiger partial charge in [-0.05, 0) is 72.9 Å². The molecular formula is C16H28O5P2S6. The van der Waals surface area contributed by atoms with E-state index < -0.39 is 13.4 Å². The van der Waals surface area contributed by atoms with E-state index in [0.717, 1.165) is 0 Å². The van der Waals surface area contributed by atoms with Gasteiger partial charge in [-0.2, -0.15) is 0 Å². The molecule has 0 unspecified atom stereocenters. The minimum atomic E-state index is -2.87. The van der Waals surface area contributed by atoms with E-state index in [1.807, 2.05) is 74.7 Å².